The molecule has 0 aromatic heterocycles. The lowest BCUT2D eigenvalue weighted by Crippen LogP contribution is -2.03. The average Bonchev–Trinajstić information content (AvgIpc) is 2.17. The minimum Gasteiger partial charge on any atom is -0.466 e. The zero-order chi connectivity index (χ0) is 11.5. The first kappa shape index (κ1) is 14.5. The molecule has 0 bridgehead atoms. The fourth-order valence-electron chi connectivity index (χ4n) is 1.25. The maximum atomic E-state index is 11.0. The van der Waals surface area contributed by atoms with Crippen molar-refractivity contribution in [2.75, 3.05) is 6.61 Å². The van der Waals surface area contributed by atoms with Crippen LogP contribution in [-0.4, -0.2) is 12.6 Å². The van der Waals surface area contributed by atoms with Crippen molar-refractivity contribution in [3.63, 3.8) is 0 Å². The highest BCUT2D eigenvalue weighted by Gasteiger charge is 2.03. The summed E-state index contributed by atoms with van der Waals surface area (Å²) >= 11 is 5.88. The van der Waals surface area contributed by atoms with Gasteiger partial charge in [0.15, 0.2) is 0 Å². The Morgan fingerprint density at radius 1 is 1.27 bits per heavy atom. The average molecular weight is 233 g/mol. The third-order valence-electron chi connectivity index (χ3n) is 2.04. The van der Waals surface area contributed by atoms with Crippen LogP contribution >= 0.6 is 11.6 Å². The lowest BCUT2D eigenvalue weighted by Gasteiger charge is -2.00. The minimum atomic E-state index is -0.243. The van der Waals surface area contributed by atoms with Crippen LogP contribution in [0.4, 0.5) is 0 Å². The lowest BCUT2D eigenvalue weighted by atomic mass is 10.1. The molecule has 0 aliphatic carbocycles. The van der Waals surface area contributed by atoms with Crippen LogP contribution in [0.1, 0.15) is 52.4 Å². The molecular formula is C12H21ClO2. The Morgan fingerprint density at radius 3 is 2.60 bits per heavy atom. The van der Waals surface area contributed by atoms with Gasteiger partial charge in [0, 0.05) is 5.03 Å². The molecule has 0 saturated heterocycles. The molecule has 3 heteroatoms. The summed E-state index contributed by atoms with van der Waals surface area (Å²) in [6.45, 7) is 4.39. The molecule has 0 aromatic carbocycles. The van der Waals surface area contributed by atoms with Crippen molar-refractivity contribution in [2.45, 2.75) is 52.4 Å². The van der Waals surface area contributed by atoms with Gasteiger partial charge in [0.2, 0.25) is 0 Å². The summed E-state index contributed by atoms with van der Waals surface area (Å²) in [4.78, 5) is 11.0. The van der Waals surface area contributed by atoms with Gasteiger partial charge in [-0.05, 0) is 19.8 Å². The van der Waals surface area contributed by atoms with Crippen molar-refractivity contribution in [3.05, 3.63) is 11.1 Å². The molecule has 88 valence electrons. The number of ether oxygens (including phenoxy) is 1. The molecule has 0 atom stereocenters. The van der Waals surface area contributed by atoms with Crippen LogP contribution in [-0.2, 0) is 9.53 Å². The second kappa shape index (κ2) is 10.0. The van der Waals surface area contributed by atoms with E-state index in [0.29, 0.717) is 11.6 Å². The standard InChI is InChI=1S/C12H21ClO2/c1-3-5-6-7-8-9-11(13)10-12(14)15-4-2/h9H,3-8,10H2,1-2H3/b11-9-. The molecule has 0 radical (unpaired) electrons. The Kier molecular flexibility index (Phi) is 9.70. The van der Waals surface area contributed by atoms with Gasteiger partial charge in [-0.1, -0.05) is 43.9 Å². The van der Waals surface area contributed by atoms with E-state index in [9.17, 15) is 4.79 Å². The summed E-state index contributed by atoms with van der Waals surface area (Å²) < 4.78 is 4.79. The van der Waals surface area contributed by atoms with Gasteiger partial charge in [-0.25, -0.2) is 0 Å². The van der Waals surface area contributed by atoms with Gasteiger partial charge in [0.1, 0.15) is 0 Å². The van der Waals surface area contributed by atoms with Crippen LogP contribution in [0.15, 0.2) is 11.1 Å². The monoisotopic (exact) mass is 232 g/mol. The first-order valence-corrected chi connectivity index (χ1v) is 6.08. The van der Waals surface area contributed by atoms with Crippen molar-refractivity contribution >= 4 is 17.6 Å². The molecule has 0 N–H and O–H groups in total. The summed E-state index contributed by atoms with van der Waals surface area (Å²) in [5.41, 5.74) is 0. The van der Waals surface area contributed by atoms with Crippen LogP contribution in [0.3, 0.4) is 0 Å². The summed E-state index contributed by atoms with van der Waals surface area (Å²) in [5, 5.41) is 0.602. The van der Waals surface area contributed by atoms with Crippen LogP contribution in [0, 0.1) is 0 Å². The second-order valence-electron chi connectivity index (χ2n) is 3.48. The highest BCUT2D eigenvalue weighted by atomic mass is 35.5. The van der Waals surface area contributed by atoms with E-state index < -0.39 is 0 Å². The maximum Gasteiger partial charge on any atom is 0.311 e. The topological polar surface area (TPSA) is 26.3 Å². The highest BCUT2D eigenvalue weighted by Crippen LogP contribution is 2.12. The molecule has 0 rings (SSSR count). The van der Waals surface area contributed by atoms with Gasteiger partial charge < -0.3 is 4.74 Å². The minimum absolute atomic E-state index is 0.211. The molecule has 2 nitrogen and oxygen atoms in total. The predicted octanol–water partition coefficient (Wildman–Crippen LogP) is 4.03. The molecule has 0 spiro atoms. The second-order valence-corrected chi connectivity index (χ2v) is 3.97. The molecule has 0 aliphatic rings. The molecule has 0 aromatic rings. The number of hydrogen-bond donors (Lipinski definition) is 0. The number of carbonyl (C=O) groups excluding carboxylic acids is 1. The molecule has 0 saturated carbocycles. The van der Waals surface area contributed by atoms with E-state index in [0.717, 1.165) is 12.8 Å². The Morgan fingerprint density at radius 2 is 2.00 bits per heavy atom. The van der Waals surface area contributed by atoms with Gasteiger partial charge in [-0.2, -0.15) is 0 Å². The number of unbranched alkanes of at least 4 members (excludes halogenated alkanes) is 4. The van der Waals surface area contributed by atoms with Crippen molar-refractivity contribution in [1.82, 2.24) is 0 Å². The van der Waals surface area contributed by atoms with E-state index in [1.165, 1.54) is 19.3 Å². The van der Waals surface area contributed by atoms with Crippen molar-refractivity contribution in [2.24, 2.45) is 0 Å². The van der Waals surface area contributed by atoms with Gasteiger partial charge in [-0.15, -0.1) is 0 Å². The van der Waals surface area contributed by atoms with Crippen LogP contribution < -0.4 is 0 Å². The summed E-state index contributed by atoms with van der Waals surface area (Å²) in [6.07, 6.45) is 7.97. The first-order chi connectivity index (χ1) is 7.20. The van der Waals surface area contributed by atoms with Gasteiger partial charge in [0.25, 0.3) is 0 Å². The summed E-state index contributed by atoms with van der Waals surface area (Å²) in [5.74, 6) is -0.243. The molecule has 0 fully saturated rings. The van der Waals surface area contributed by atoms with E-state index in [4.69, 9.17) is 16.3 Å². The lowest BCUT2D eigenvalue weighted by molar-refractivity contribution is -0.142. The van der Waals surface area contributed by atoms with Crippen molar-refractivity contribution < 1.29 is 9.53 Å². The quantitative estimate of drug-likeness (QED) is 0.467. The third-order valence-corrected chi connectivity index (χ3v) is 2.33. The van der Waals surface area contributed by atoms with Gasteiger partial charge >= 0.3 is 5.97 Å². The van der Waals surface area contributed by atoms with Crippen molar-refractivity contribution in [1.29, 1.82) is 0 Å². The molecule has 0 aliphatic heterocycles. The fraction of sp³-hybridized carbons (Fsp3) is 0.750. The van der Waals surface area contributed by atoms with Crippen LogP contribution in [0.2, 0.25) is 0 Å². The molecule has 15 heavy (non-hydrogen) atoms. The highest BCUT2D eigenvalue weighted by molar-refractivity contribution is 6.30. The zero-order valence-electron chi connectivity index (χ0n) is 9.72. The fourth-order valence-corrected chi connectivity index (χ4v) is 1.47. The van der Waals surface area contributed by atoms with E-state index in [-0.39, 0.29) is 12.4 Å². The Bertz CT molecular complexity index is 200. The molecule has 0 amide bonds. The van der Waals surface area contributed by atoms with Crippen LogP contribution in [0.5, 0.6) is 0 Å². The number of carbonyl (C=O) groups is 1. The Hall–Kier alpha value is -0.500. The number of rotatable bonds is 8. The van der Waals surface area contributed by atoms with Gasteiger partial charge in [0.05, 0.1) is 13.0 Å². The number of allylic oxidation sites excluding steroid dienone is 1. The van der Waals surface area contributed by atoms with E-state index in [1.54, 1.807) is 6.92 Å². The third kappa shape index (κ3) is 9.80. The number of esters is 1. The maximum absolute atomic E-state index is 11.0. The van der Waals surface area contributed by atoms with E-state index in [2.05, 4.69) is 6.92 Å². The molecular weight excluding hydrogens is 212 g/mol. The predicted molar refractivity (Wildman–Crippen MR) is 63.9 cm³/mol. The Balaban J connectivity index is 3.55. The number of hydrogen-bond acceptors (Lipinski definition) is 2. The van der Waals surface area contributed by atoms with Gasteiger partial charge in [-0.3, -0.25) is 4.79 Å². The normalized spacial score (nSPS) is 11.5. The summed E-state index contributed by atoms with van der Waals surface area (Å²) in [6, 6.07) is 0. The van der Waals surface area contributed by atoms with E-state index in [1.807, 2.05) is 6.08 Å². The van der Waals surface area contributed by atoms with E-state index >= 15 is 0 Å². The zero-order valence-corrected chi connectivity index (χ0v) is 10.5. The van der Waals surface area contributed by atoms with Crippen molar-refractivity contribution in [3.8, 4) is 0 Å². The largest absolute Gasteiger partial charge is 0.466 e. The smallest absolute Gasteiger partial charge is 0.311 e. The Labute approximate surface area is 97.6 Å². The first-order valence-electron chi connectivity index (χ1n) is 5.70. The molecule has 0 heterocycles. The number of halogens is 1. The molecule has 0 unspecified atom stereocenters. The van der Waals surface area contributed by atoms with Crippen LogP contribution in [0.25, 0.3) is 0 Å². The summed E-state index contributed by atoms with van der Waals surface area (Å²) in [7, 11) is 0. The SMILES string of the molecule is CCCCCC/C=C(\Cl)CC(=O)OCC.